The third-order valence-corrected chi connectivity index (χ3v) is 2.22. The molecular formula is C6H16N2O2S. The van der Waals surface area contributed by atoms with E-state index in [1.165, 1.54) is 6.26 Å². The monoisotopic (exact) mass is 180 g/mol. The summed E-state index contributed by atoms with van der Waals surface area (Å²) in [6.45, 7) is 2.08. The molecule has 0 rings (SSSR count). The van der Waals surface area contributed by atoms with Crippen molar-refractivity contribution in [2.24, 2.45) is 5.73 Å². The van der Waals surface area contributed by atoms with Crippen molar-refractivity contribution in [3.63, 3.8) is 0 Å². The van der Waals surface area contributed by atoms with Gasteiger partial charge in [0.05, 0.1) is 5.75 Å². The highest BCUT2D eigenvalue weighted by Gasteiger charge is 1.99. The molecule has 0 unspecified atom stereocenters. The van der Waals surface area contributed by atoms with E-state index in [0.29, 0.717) is 13.0 Å². The van der Waals surface area contributed by atoms with Crippen LogP contribution in [0, 0.1) is 0 Å². The Labute approximate surface area is 68.1 Å². The van der Waals surface area contributed by atoms with E-state index in [2.05, 4.69) is 5.32 Å². The van der Waals surface area contributed by atoms with Crippen LogP contribution >= 0.6 is 0 Å². The first-order chi connectivity index (χ1) is 5.06. The molecule has 0 atom stereocenters. The Hall–Kier alpha value is -0.130. The second kappa shape index (κ2) is 5.51. The van der Waals surface area contributed by atoms with Crippen LogP contribution in [0.4, 0.5) is 0 Å². The van der Waals surface area contributed by atoms with E-state index in [9.17, 15) is 8.42 Å². The second-order valence-electron chi connectivity index (χ2n) is 2.52. The molecule has 0 bridgehead atoms. The fourth-order valence-electron chi connectivity index (χ4n) is 0.686. The van der Waals surface area contributed by atoms with E-state index in [1.54, 1.807) is 0 Å². The number of nitrogens with two attached hydrogens (primary N) is 1. The Morgan fingerprint density at radius 1 is 1.36 bits per heavy atom. The van der Waals surface area contributed by atoms with Gasteiger partial charge in [0.1, 0.15) is 9.84 Å². The Morgan fingerprint density at radius 2 is 2.00 bits per heavy atom. The summed E-state index contributed by atoms with van der Waals surface area (Å²) >= 11 is 0. The van der Waals surface area contributed by atoms with Crippen LogP contribution in [0.5, 0.6) is 0 Å². The van der Waals surface area contributed by atoms with Gasteiger partial charge in [-0.25, -0.2) is 8.42 Å². The van der Waals surface area contributed by atoms with Gasteiger partial charge in [-0.05, 0) is 13.0 Å². The van der Waals surface area contributed by atoms with Crippen LogP contribution in [0.1, 0.15) is 6.42 Å². The van der Waals surface area contributed by atoms with Gasteiger partial charge >= 0.3 is 0 Å². The fourth-order valence-corrected chi connectivity index (χ4v) is 1.36. The molecule has 0 aliphatic rings. The molecule has 0 aliphatic carbocycles. The first-order valence-corrected chi connectivity index (χ1v) is 5.71. The molecule has 3 N–H and O–H groups in total. The van der Waals surface area contributed by atoms with E-state index in [1.807, 2.05) is 0 Å². The van der Waals surface area contributed by atoms with Crippen LogP contribution in [0.25, 0.3) is 0 Å². The highest BCUT2D eigenvalue weighted by Crippen LogP contribution is 1.86. The van der Waals surface area contributed by atoms with Crippen molar-refractivity contribution >= 4 is 9.84 Å². The summed E-state index contributed by atoms with van der Waals surface area (Å²) in [5.74, 6) is 0.255. The summed E-state index contributed by atoms with van der Waals surface area (Å²) in [5.41, 5.74) is 5.22. The normalized spacial score (nSPS) is 11.8. The van der Waals surface area contributed by atoms with Gasteiger partial charge < -0.3 is 11.1 Å². The molecule has 0 amide bonds. The molecule has 0 saturated heterocycles. The maximum Gasteiger partial charge on any atom is 0.147 e. The third kappa shape index (κ3) is 9.87. The summed E-state index contributed by atoms with van der Waals surface area (Å²) in [7, 11) is -2.78. The Morgan fingerprint density at radius 3 is 2.45 bits per heavy atom. The number of hydrogen-bond acceptors (Lipinski definition) is 4. The zero-order chi connectivity index (χ0) is 8.74. The SMILES string of the molecule is CS(=O)(=O)CCCNCCN. The molecule has 0 saturated carbocycles. The average molecular weight is 180 g/mol. The fraction of sp³-hybridized carbons (Fsp3) is 1.00. The van der Waals surface area contributed by atoms with Gasteiger partial charge in [0.25, 0.3) is 0 Å². The molecule has 0 aromatic heterocycles. The van der Waals surface area contributed by atoms with Crippen molar-refractivity contribution in [3.05, 3.63) is 0 Å². The van der Waals surface area contributed by atoms with Gasteiger partial charge in [-0.3, -0.25) is 0 Å². The summed E-state index contributed by atoms with van der Waals surface area (Å²) in [6, 6.07) is 0. The molecule has 68 valence electrons. The lowest BCUT2D eigenvalue weighted by atomic mass is 10.5. The van der Waals surface area contributed by atoms with E-state index < -0.39 is 9.84 Å². The minimum atomic E-state index is -2.78. The highest BCUT2D eigenvalue weighted by molar-refractivity contribution is 7.90. The second-order valence-corrected chi connectivity index (χ2v) is 4.78. The quantitative estimate of drug-likeness (QED) is 0.513. The van der Waals surface area contributed by atoms with Crippen molar-refractivity contribution < 1.29 is 8.42 Å². The molecule has 0 radical (unpaired) electrons. The van der Waals surface area contributed by atoms with E-state index >= 15 is 0 Å². The lowest BCUT2D eigenvalue weighted by molar-refractivity contribution is 0.595. The molecule has 0 aromatic carbocycles. The maximum atomic E-state index is 10.6. The largest absolute Gasteiger partial charge is 0.329 e. The highest BCUT2D eigenvalue weighted by atomic mass is 32.2. The van der Waals surface area contributed by atoms with Gasteiger partial charge in [-0.15, -0.1) is 0 Å². The topological polar surface area (TPSA) is 72.2 Å². The molecule has 11 heavy (non-hydrogen) atoms. The van der Waals surface area contributed by atoms with Crippen molar-refractivity contribution in [1.29, 1.82) is 0 Å². The number of rotatable bonds is 6. The minimum absolute atomic E-state index is 0.255. The summed E-state index contributed by atoms with van der Waals surface area (Å²) in [6.07, 6.45) is 1.91. The first-order valence-electron chi connectivity index (χ1n) is 3.65. The minimum Gasteiger partial charge on any atom is -0.329 e. The van der Waals surface area contributed by atoms with E-state index in [-0.39, 0.29) is 5.75 Å². The molecule has 0 fully saturated rings. The smallest absolute Gasteiger partial charge is 0.147 e. The lowest BCUT2D eigenvalue weighted by Crippen LogP contribution is -2.24. The van der Waals surface area contributed by atoms with Gasteiger partial charge in [-0.2, -0.15) is 0 Å². The molecular weight excluding hydrogens is 164 g/mol. The van der Waals surface area contributed by atoms with Crippen LogP contribution in [-0.2, 0) is 9.84 Å². The van der Waals surface area contributed by atoms with Crippen LogP contribution < -0.4 is 11.1 Å². The van der Waals surface area contributed by atoms with Crippen molar-refractivity contribution in [3.8, 4) is 0 Å². The zero-order valence-corrected chi connectivity index (χ0v) is 7.65. The van der Waals surface area contributed by atoms with Crippen LogP contribution in [0.2, 0.25) is 0 Å². The third-order valence-electron chi connectivity index (χ3n) is 1.19. The standard InChI is InChI=1S/C6H16N2O2S/c1-11(9,10)6-2-4-8-5-3-7/h8H,2-7H2,1H3. The van der Waals surface area contributed by atoms with Crippen LogP contribution in [0.3, 0.4) is 0 Å². The first kappa shape index (κ1) is 10.9. The Balaban J connectivity index is 3.16. The van der Waals surface area contributed by atoms with Crippen LogP contribution in [-0.4, -0.2) is 40.1 Å². The Bertz CT molecular complexity index is 177. The zero-order valence-electron chi connectivity index (χ0n) is 6.84. The van der Waals surface area contributed by atoms with Gasteiger partial charge in [0.2, 0.25) is 0 Å². The number of nitrogens with one attached hydrogen (secondary N) is 1. The van der Waals surface area contributed by atoms with Gasteiger partial charge in [0, 0.05) is 19.3 Å². The van der Waals surface area contributed by atoms with Crippen LogP contribution in [0.15, 0.2) is 0 Å². The number of sulfone groups is 1. The molecule has 4 nitrogen and oxygen atoms in total. The van der Waals surface area contributed by atoms with Crippen molar-refractivity contribution in [1.82, 2.24) is 5.32 Å². The summed E-state index contributed by atoms with van der Waals surface area (Å²) < 4.78 is 21.2. The van der Waals surface area contributed by atoms with E-state index in [4.69, 9.17) is 5.73 Å². The molecule has 0 heterocycles. The van der Waals surface area contributed by atoms with Gasteiger partial charge in [0.15, 0.2) is 0 Å². The predicted octanol–water partition coefficient (Wildman–Crippen LogP) is -1.03. The van der Waals surface area contributed by atoms with E-state index in [0.717, 1.165) is 13.1 Å². The summed E-state index contributed by atoms with van der Waals surface area (Å²) in [5, 5.41) is 3.02. The molecule has 5 heteroatoms. The molecule has 0 aliphatic heterocycles. The maximum absolute atomic E-state index is 10.6. The average Bonchev–Trinajstić information content (AvgIpc) is 1.85. The lowest BCUT2D eigenvalue weighted by Gasteiger charge is -2.00. The Kier molecular flexibility index (Phi) is 5.45. The van der Waals surface area contributed by atoms with Gasteiger partial charge in [-0.1, -0.05) is 0 Å². The number of hydrogen-bond donors (Lipinski definition) is 2. The predicted molar refractivity (Wildman–Crippen MR) is 46.3 cm³/mol. The summed E-state index contributed by atoms with van der Waals surface area (Å²) in [4.78, 5) is 0. The molecule has 0 spiro atoms. The van der Waals surface area contributed by atoms with Crippen molar-refractivity contribution in [2.75, 3.05) is 31.6 Å². The molecule has 0 aromatic rings. The van der Waals surface area contributed by atoms with Crippen molar-refractivity contribution in [2.45, 2.75) is 6.42 Å².